The Balaban J connectivity index is 1.52. The lowest BCUT2D eigenvalue weighted by Crippen LogP contribution is -2.51. The van der Waals surface area contributed by atoms with Crippen LogP contribution >= 0.6 is 0 Å². The van der Waals surface area contributed by atoms with E-state index in [9.17, 15) is 14.7 Å². The topological polar surface area (TPSA) is 86.9 Å². The van der Waals surface area contributed by atoms with Gasteiger partial charge in [-0.25, -0.2) is 0 Å². The van der Waals surface area contributed by atoms with Crippen molar-refractivity contribution in [2.24, 2.45) is 5.73 Å². The van der Waals surface area contributed by atoms with Gasteiger partial charge in [-0.1, -0.05) is 30.3 Å². The zero-order chi connectivity index (χ0) is 18.5. The standard InChI is InChI=1S/C20H23N3O3/c21-18(15-4-2-1-3-5-15)14-19(25)22-10-12-23(13-11-22)20(26)16-6-8-17(24)9-7-16/h1-9,18,24H,10-14,21H2. The van der Waals surface area contributed by atoms with Crippen LogP contribution < -0.4 is 5.73 Å². The van der Waals surface area contributed by atoms with Crippen LogP contribution in [-0.4, -0.2) is 52.9 Å². The first kappa shape index (κ1) is 17.9. The number of amides is 2. The summed E-state index contributed by atoms with van der Waals surface area (Å²) in [5.74, 6) is 0.0582. The number of benzene rings is 2. The van der Waals surface area contributed by atoms with E-state index in [0.29, 0.717) is 31.7 Å². The molecule has 3 rings (SSSR count). The summed E-state index contributed by atoms with van der Waals surface area (Å²) in [5, 5.41) is 9.32. The van der Waals surface area contributed by atoms with E-state index in [1.54, 1.807) is 21.9 Å². The Hall–Kier alpha value is -2.86. The van der Waals surface area contributed by atoms with Crippen molar-refractivity contribution in [3.8, 4) is 5.75 Å². The van der Waals surface area contributed by atoms with Crippen molar-refractivity contribution < 1.29 is 14.7 Å². The molecule has 2 aromatic carbocycles. The summed E-state index contributed by atoms with van der Waals surface area (Å²) < 4.78 is 0. The lowest BCUT2D eigenvalue weighted by atomic mass is 10.0. The molecule has 0 saturated carbocycles. The van der Waals surface area contributed by atoms with Gasteiger partial charge in [-0.2, -0.15) is 0 Å². The number of piperazine rings is 1. The van der Waals surface area contributed by atoms with Crippen LogP contribution in [0.25, 0.3) is 0 Å². The fourth-order valence-corrected chi connectivity index (χ4v) is 3.08. The molecular weight excluding hydrogens is 330 g/mol. The molecule has 1 aliphatic rings. The summed E-state index contributed by atoms with van der Waals surface area (Å²) in [6.45, 7) is 1.99. The van der Waals surface area contributed by atoms with Gasteiger partial charge in [-0.05, 0) is 29.8 Å². The Kier molecular flexibility index (Phi) is 5.53. The van der Waals surface area contributed by atoms with E-state index in [4.69, 9.17) is 5.73 Å². The van der Waals surface area contributed by atoms with E-state index in [2.05, 4.69) is 0 Å². The number of hydrogen-bond acceptors (Lipinski definition) is 4. The number of nitrogens with two attached hydrogens (primary N) is 1. The van der Waals surface area contributed by atoms with E-state index < -0.39 is 0 Å². The van der Waals surface area contributed by atoms with Crippen molar-refractivity contribution in [1.82, 2.24) is 9.80 Å². The van der Waals surface area contributed by atoms with Gasteiger partial charge in [0.25, 0.3) is 5.91 Å². The highest BCUT2D eigenvalue weighted by molar-refractivity contribution is 5.94. The van der Waals surface area contributed by atoms with Crippen molar-refractivity contribution in [2.45, 2.75) is 12.5 Å². The molecule has 26 heavy (non-hydrogen) atoms. The number of carbonyl (C=O) groups excluding carboxylic acids is 2. The average Bonchev–Trinajstić information content (AvgIpc) is 2.69. The predicted octanol–water partition coefficient (Wildman–Crippen LogP) is 1.77. The van der Waals surface area contributed by atoms with Gasteiger partial charge in [0, 0.05) is 44.2 Å². The maximum Gasteiger partial charge on any atom is 0.253 e. The minimum absolute atomic E-state index is 0.0121. The zero-order valence-electron chi connectivity index (χ0n) is 14.5. The molecule has 0 aromatic heterocycles. The second kappa shape index (κ2) is 8.01. The van der Waals surface area contributed by atoms with Crippen LogP contribution in [0.1, 0.15) is 28.4 Å². The predicted molar refractivity (Wildman–Crippen MR) is 98.6 cm³/mol. The second-order valence-electron chi connectivity index (χ2n) is 6.44. The molecule has 0 spiro atoms. The summed E-state index contributed by atoms with van der Waals surface area (Å²) in [4.78, 5) is 28.4. The highest BCUT2D eigenvalue weighted by atomic mass is 16.3. The van der Waals surface area contributed by atoms with Crippen molar-refractivity contribution in [1.29, 1.82) is 0 Å². The molecule has 136 valence electrons. The first-order chi connectivity index (χ1) is 12.5. The largest absolute Gasteiger partial charge is 0.508 e. The van der Waals surface area contributed by atoms with Crippen molar-refractivity contribution >= 4 is 11.8 Å². The van der Waals surface area contributed by atoms with Gasteiger partial charge in [-0.3, -0.25) is 9.59 Å². The molecular formula is C20H23N3O3. The number of carbonyl (C=O) groups is 2. The number of aromatic hydroxyl groups is 1. The van der Waals surface area contributed by atoms with Crippen molar-refractivity contribution in [3.05, 3.63) is 65.7 Å². The van der Waals surface area contributed by atoms with Crippen LogP contribution in [0.4, 0.5) is 0 Å². The van der Waals surface area contributed by atoms with Crippen LogP contribution in [0, 0.1) is 0 Å². The molecule has 1 unspecified atom stereocenters. The summed E-state index contributed by atoms with van der Waals surface area (Å²) in [7, 11) is 0. The smallest absolute Gasteiger partial charge is 0.253 e. The third-order valence-corrected chi connectivity index (χ3v) is 4.66. The summed E-state index contributed by atoms with van der Waals surface area (Å²) >= 11 is 0. The molecule has 6 heteroatoms. The van der Waals surface area contributed by atoms with Crippen LogP contribution in [0.2, 0.25) is 0 Å². The SMILES string of the molecule is NC(CC(=O)N1CCN(C(=O)c2ccc(O)cc2)CC1)c1ccccc1. The molecule has 0 aliphatic carbocycles. The van der Waals surface area contributed by atoms with Crippen LogP contribution in [0.5, 0.6) is 5.75 Å². The molecule has 0 bridgehead atoms. The number of phenols is 1. The molecule has 6 nitrogen and oxygen atoms in total. The number of hydrogen-bond donors (Lipinski definition) is 2. The minimum Gasteiger partial charge on any atom is -0.508 e. The molecule has 2 aromatic rings. The Bertz CT molecular complexity index is 754. The fraction of sp³-hybridized carbons (Fsp3) is 0.300. The zero-order valence-corrected chi connectivity index (χ0v) is 14.5. The molecule has 1 atom stereocenters. The van der Waals surface area contributed by atoms with Crippen LogP contribution in [0.15, 0.2) is 54.6 Å². The second-order valence-corrected chi connectivity index (χ2v) is 6.44. The lowest BCUT2D eigenvalue weighted by molar-refractivity contribution is -0.133. The van der Waals surface area contributed by atoms with E-state index in [1.165, 1.54) is 12.1 Å². The van der Waals surface area contributed by atoms with Gasteiger partial charge in [0.15, 0.2) is 0 Å². The lowest BCUT2D eigenvalue weighted by Gasteiger charge is -2.35. The van der Waals surface area contributed by atoms with Gasteiger partial charge in [0.2, 0.25) is 5.91 Å². The summed E-state index contributed by atoms with van der Waals surface area (Å²) in [6.07, 6.45) is 0.260. The highest BCUT2D eigenvalue weighted by Crippen LogP contribution is 2.17. The number of nitrogens with zero attached hydrogens (tertiary/aromatic N) is 2. The first-order valence-electron chi connectivity index (χ1n) is 8.71. The number of rotatable bonds is 4. The monoisotopic (exact) mass is 353 g/mol. The molecule has 1 saturated heterocycles. The summed E-state index contributed by atoms with van der Waals surface area (Å²) in [5.41, 5.74) is 7.62. The Morgan fingerprint density at radius 2 is 1.50 bits per heavy atom. The van der Waals surface area contributed by atoms with E-state index in [0.717, 1.165) is 5.56 Å². The number of phenolic OH excluding ortho intramolecular Hbond substituents is 1. The van der Waals surface area contributed by atoms with Gasteiger partial charge in [-0.15, -0.1) is 0 Å². The molecule has 1 aliphatic heterocycles. The third-order valence-electron chi connectivity index (χ3n) is 4.66. The van der Waals surface area contributed by atoms with Crippen molar-refractivity contribution in [2.75, 3.05) is 26.2 Å². The first-order valence-corrected chi connectivity index (χ1v) is 8.71. The van der Waals surface area contributed by atoms with Gasteiger partial charge in [0.05, 0.1) is 0 Å². The molecule has 1 heterocycles. The average molecular weight is 353 g/mol. The Morgan fingerprint density at radius 1 is 0.923 bits per heavy atom. The van der Waals surface area contributed by atoms with Crippen molar-refractivity contribution in [3.63, 3.8) is 0 Å². The Labute approximate surface area is 152 Å². The quantitative estimate of drug-likeness (QED) is 0.877. The van der Waals surface area contributed by atoms with Crippen LogP contribution in [-0.2, 0) is 4.79 Å². The fourth-order valence-electron chi connectivity index (χ4n) is 3.08. The molecule has 3 N–H and O–H groups in total. The van der Waals surface area contributed by atoms with Crippen LogP contribution in [0.3, 0.4) is 0 Å². The molecule has 0 radical (unpaired) electrons. The molecule has 1 fully saturated rings. The molecule has 2 amide bonds. The maximum atomic E-state index is 12.5. The van der Waals surface area contributed by atoms with Gasteiger partial charge >= 0.3 is 0 Å². The van der Waals surface area contributed by atoms with Gasteiger partial charge < -0.3 is 20.6 Å². The van der Waals surface area contributed by atoms with E-state index >= 15 is 0 Å². The van der Waals surface area contributed by atoms with E-state index in [-0.39, 0.29) is 30.0 Å². The van der Waals surface area contributed by atoms with Gasteiger partial charge in [0.1, 0.15) is 5.75 Å². The Morgan fingerprint density at radius 3 is 2.12 bits per heavy atom. The minimum atomic E-state index is -0.319. The van der Waals surface area contributed by atoms with E-state index in [1.807, 2.05) is 30.3 Å². The summed E-state index contributed by atoms with van der Waals surface area (Å²) in [6, 6.07) is 15.5. The normalized spacial score (nSPS) is 15.6. The highest BCUT2D eigenvalue weighted by Gasteiger charge is 2.25. The maximum absolute atomic E-state index is 12.5. The third kappa shape index (κ3) is 4.21.